The van der Waals surface area contributed by atoms with Crippen LogP contribution >= 0.6 is 15.9 Å². The topological polar surface area (TPSA) is 46.5 Å². The van der Waals surface area contributed by atoms with Gasteiger partial charge in [0.1, 0.15) is 5.75 Å². The van der Waals surface area contributed by atoms with Gasteiger partial charge in [-0.1, -0.05) is 41.4 Å². The first-order valence-corrected chi connectivity index (χ1v) is 12.9. The zero-order valence-electron chi connectivity index (χ0n) is 21.2. The molecule has 0 bridgehead atoms. The Morgan fingerprint density at radius 2 is 1.91 bits per heavy atom. The lowest BCUT2D eigenvalue weighted by Crippen LogP contribution is -2.29. The fraction of sp³-hybridized carbons (Fsp3) is 0.464. The predicted octanol–water partition coefficient (Wildman–Crippen LogP) is 5.80. The number of ether oxygens (including phenoxy) is 1. The quantitative estimate of drug-likeness (QED) is 0.303. The summed E-state index contributed by atoms with van der Waals surface area (Å²) >= 11 is 3.53. The van der Waals surface area contributed by atoms with Gasteiger partial charge in [-0.15, -0.1) is 0 Å². The highest BCUT2D eigenvalue weighted by Crippen LogP contribution is 2.33. The lowest BCUT2D eigenvalue weighted by Gasteiger charge is -2.16. The monoisotopic (exact) mass is 527 g/mol. The largest absolute Gasteiger partial charge is 0.497 e. The highest BCUT2D eigenvalue weighted by molar-refractivity contribution is 9.10. The van der Waals surface area contributed by atoms with E-state index in [9.17, 15) is 4.79 Å². The maximum Gasteiger partial charge on any atom is 0.220 e. The fourth-order valence-corrected chi connectivity index (χ4v) is 4.76. The molecule has 0 aliphatic heterocycles. The molecule has 184 valence electrons. The van der Waals surface area contributed by atoms with Crippen molar-refractivity contribution in [3.63, 3.8) is 0 Å². The number of halogens is 1. The van der Waals surface area contributed by atoms with Crippen LogP contribution in [-0.4, -0.2) is 49.7 Å². The highest BCUT2D eigenvalue weighted by atomic mass is 79.9. The summed E-state index contributed by atoms with van der Waals surface area (Å²) in [5.41, 5.74) is 5.04. The molecule has 0 aliphatic rings. The van der Waals surface area contributed by atoms with E-state index in [1.54, 1.807) is 7.11 Å². The van der Waals surface area contributed by atoms with Crippen LogP contribution in [0.3, 0.4) is 0 Å². The van der Waals surface area contributed by atoms with E-state index in [2.05, 4.69) is 95.1 Å². The maximum atomic E-state index is 12.6. The molecular weight excluding hydrogens is 490 g/mol. The Bertz CT molecular complexity index is 1090. The third-order valence-corrected chi connectivity index (χ3v) is 7.09. The summed E-state index contributed by atoms with van der Waals surface area (Å²) in [6, 6.07) is 14.8. The number of amides is 1. The normalized spacial score (nSPS) is 12.3. The van der Waals surface area contributed by atoms with Crippen LogP contribution in [0.4, 0.5) is 0 Å². The summed E-state index contributed by atoms with van der Waals surface area (Å²) in [4.78, 5) is 14.8. The molecule has 0 spiro atoms. The van der Waals surface area contributed by atoms with Crippen LogP contribution < -0.4 is 10.1 Å². The van der Waals surface area contributed by atoms with Gasteiger partial charge in [0.15, 0.2) is 0 Å². The lowest BCUT2D eigenvalue weighted by atomic mass is 9.92. The molecule has 0 unspecified atom stereocenters. The summed E-state index contributed by atoms with van der Waals surface area (Å²) in [5.74, 6) is 1.31. The minimum absolute atomic E-state index is 0.152. The molecule has 0 fully saturated rings. The van der Waals surface area contributed by atoms with Crippen LogP contribution in [0.5, 0.6) is 5.75 Å². The Hall–Kier alpha value is -2.31. The molecule has 0 aliphatic carbocycles. The van der Waals surface area contributed by atoms with Crippen molar-refractivity contribution in [3.8, 4) is 5.75 Å². The number of hydrogen-bond donors (Lipinski definition) is 1. The molecule has 1 atom stereocenters. The van der Waals surface area contributed by atoms with Gasteiger partial charge in [0, 0.05) is 40.6 Å². The van der Waals surface area contributed by atoms with Crippen molar-refractivity contribution in [2.75, 3.05) is 34.3 Å². The van der Waals surface area contributed by atoms with Gasteiger partial charge in [0.05, 0.1) is 7.11 Å². The molecule has 0 saturated heterocycles. The number of methoxy groups -OCH3 is 1. The van der Waals surface area contributed by atoms with Gasteiger partial charge in [-0.05, 0) is 87.8 Å². The van der Waals surface area contributed by atoms with E-state index in [1.165, 1.54) is 27.7 Å². The maximum absolute atomic E-state index is 12.6. The molecule has 3 aromatic rings. The van der Waals surface area contributed by atoms with Crippen molar-refractivity contribution in [1.29, 1.82) is 0 Å². The van der Waals surface area contributed by atoms with Crippen molar-refractivity contribution in [2.45, 2.75) is 46.1 Å². The summed E-state index contributed by atoms with van der Waals surface area (Å²) in [6.07, 6.45) is 3.37. The van der Waals surface area contributed by atoms with Crippen LogP contribution in [-0.2, 0) is 17.8 Å². The van der Waals surface area contributed by atoms with Gasteiger partial charge in [0.2, 0.25) is 5.91 Å². The summed E-state index contributed by atoms with van der Waals surface area (Å²) in [6.45, 7) is 6.91. The molecular formula is C28H38BrN3O2. The first-order valence-electron chi connectivity index (χ1n) is 12.1. The van der Waals surface area contributed by atoms with Crippen molar-refractivity contribution >= 4 is 32.7 Å². The second kappa shape index (κ2) is 12.4. The van der Waals surface area contributed by atoms with Crippen molar-refractivity contribution in [1.82, 2.24) is 14.8 Å². The van der Waals surface area contributed by atoms with Crippen molar-refractivity contribution < 1.29 is 9.53 Å². The second-order valence-electron chi connectivity index (χ2n) is 9.35. The molecule has 0 radical (unpaired) electrons. The summed E-state index contributed by atoms with van der Waals surface area (Å²) < 4.78 is 9.02. The average Bonchev–Trinajstić information content (AvgIpc) is 3.07. The molecule has 0 saturated carbocycles. The number of nitrogens with one attached hydrogen (secondary N) is 1. The molecule has 3 rings (SSSR count). The minimum Gasteiger partial charge on any atom is -0.497 e. The zero-order valence-corrected chi connectivity index (χ0v) is 22.7. The van der Waals surface area contributed by atoms with Crippen LogP contribution in [0.2, 0.25) is 0 Å². The lowest BCUT2D eigenvalue weighted by molar-refractivity contribution is -0.122. The van der Waals surface area contributed by atoms with Gasteiger partial charge in [-0.2, -0.15) is 0 Å². The highest BCUT2D eigenvalue weighted by Gasteiger charge is 2.20. The van der Waals surface area contributed by atoms with Gasteiger partial charge in [0.25, 0.3) is 0 Å². The van der Waals surface area contributed by atoms with E-state index < -0.39 is 0 Å². The van der Waals surface area contributed by atoms with E-state index in [0.717, 1.165) is 49.1 Å². The number of carbonyl (C=O) groups excluding carboxylic acids is 1. The molecule has 6 heteroatoms. The van der Waals surface area contributed by atoms with Gasteiger partial charge in [-0.3, -0.25) is 4.79 Å². The first-order chi connectivity index (χ1) is 16.3. The van der Waals surface area contributed by atoms with E-state index in [0.29, 0.717) is 12.3 Å². The van der Waals surface area contributed by atoms with Crippen LogP contribution in [0, 0.1) is 12.8 Å². The Morgan fingerprint density at radius 1 is 1.18 bits per heavy atom. The van der Waals surface area contributed by atoms with Gasteiger partial charge >= 0.3 is 0 Å². The zero-order chi connectivity index (χ0) is 24.7. The van der Waals surface area contributed by atoms with Crippen LogP contribution in [0.15, 0.2) is 46.9 Å². The molecule has 5 nitrogen and oxygen atoms in total. The third kappa shape index (κ3) is 6.86. The standard InChI is InChI=1S/C28H38BrN3O2/c1-6-21(17-28(33)30-14-7-15-31(3)4)16-25-20(2)32(19-22-8-10-23(29)11-9-22)27-13-12-24(34-5)18-26(25)27/h8-13,18,21H,6-7,14-17,19H2,1-5H3,(H,30,33)/t21-/m1/s1. The number of rotatable bonds is 12. The molecule has 1 amide bonds. The molecule has 34 heavy (non-hydrogen) atoms. The van der Waals surface area contributed by atoms with E-state index in [-0.39, 0.29) is 5.91 Å². The number of hydrogen-bond acceptors (Lipinski definition) is 3. The second-order valence-corrected chi connectivity index (χ2v) is 10.3. The Morgan fingerprint density at radius 3 is 2.56 bits per heavy atom. The number of benzene rings is 2. The SMILES string of the molecule is CC[C@@H](CC(=O)NCCCN(C)C)Cc1c(C)n(Cc2ccc(Br)cc2)c2ccc(OC)cc12. The molecule has 2 aromatic carbocycles. The van der Waals surface area contributed by atoms with Gasteiger partial charge < -0.3 is 19.5 Å². The summed E-state index contributed by atoms with van der Waals surface area (Å²) in [5, 5.41) is 4.33. The Labute approximate surface area is 212 Å². The van der Waals surface area contributed by atoms with E-state index in [1.807, 2.05) is 6.07 Å². The first kappa shape index (κ1) is 26.3. The molecule has 1 heterocycles. The molecule has 1 aromatic heterocycles. The smallest absolute Gasteiger partial charge is 0.220 e. The molecule has 1 N–H and O–H groups in total. The van der Waals surface area contributed by atoms with Crippen LogP contribution in [0.1, 0.15) is 43.0 Å². The van der Waals surface area contributed by atoms with E-state index in [4.69, 9.17) is 4.74 Å². The third-order valence-electron chi connectivity index (χ3n) is 6.56. The Kier molecular flexibility index (Phi) is 9.60. The van der Waals surface area contributed by atoms with E-state index >= 15 is 0 Å². The van der Waals surface area contributed by atoms with Gasteiger partial charge in [-0.25, -0.2) is 0 Å². The minimum atomic E-state index is 0.152. The number of fused-ring (bicyclic) bond motifs is 1. The number of carbonyl (C=O) groups is 1. The fourth-order valence-electron chi connectivity index (χ4n) is 4.50. The Balaban J connectivity index is 1.82. The predicted molar refractivity (Wildman–Crippen MR) is 145 cm³/mol. The average molecular weight is 529 g/mol. The number of nitrogens with zero attached hydrogens (tertiary/aromatic N) is 2. The van der Waals surface area contributed by atoms with Crippen molar-refractivity contribution in [2.24, 2.45) is 5.92 Å². The van der Waals surface area contributed by atoms with Crippen molar-refractivity contribution in [3.05, 3.63) is 63.8 Å². The number of aromatic nitrogens is 1. The summed E-state index contributed by atoms with van der Waals surface area (Å²) in [7, 11) is 5.82. The van der Waals surface area contributed by atoms with Crippen LogP contribution in [0.25, 0.3) is 10.9 Å².